The summed E-state index contributed by atoms with van der Waals surface area (Å²) in [7, 11) is 0. The molecule has 0 saturated carbocycles. The van der Waals surface area contributed by atoms with E-state index in [2.05, 4.69) is 0 Å². The fourth-order valence-electron chi connectivity index (χ4n) is 1.79. The molecular formula is C10H11NO2. The van der Waals surface area contributed by atoms with Gasteiger partial charge in [0.05, 0.1) is 0 Å². The summed E-state index contributed by atoms with van der Waals surface area (Å²) in [6.07, 6.45) is 1.23. The normalized spacial score (nSPS) is 17.9. The fraction of sp³-hybridized carbons (Fsp3) is 0.300. The van der Waals surface area contributed by atoms with Crippen LogP contribution in [0.2, 0.25) is 0 Å². The molecule has 1 aromatic rings. The molecule has 2 N–H and O–H groups in total. The molecule has 0 radical (unpaired) electrons. The molecule has 0 atom stereocenters. The molecule has 0 bridgehead atoms. The van der Waals surface area contributed by atoms with Crippen molar-refractivity contribution in [3.63, 3.8) is 0 Å². The molecule has 3 nitrogen and oxygen atoms in total. The molecule has 1 aromatic carbocycles. The summed E-state index contributed by atoms with van der Waals surface area (Å²) in [5.74, 6) is 0. The van der Waals surface area contributed by atoms with E-state index in [1.165, 1.54) is 11.1 Å². The topological polar surface area (TPSA) is 52.3 Å². The molecule has 0 fully saturated rings. The number of carbonyl (C=O) groups is 1. The number of fused-ring (bicyclic) bond motifs is 1. The third-order valence-electron chi connectivity index (χ3n) is 2.38. The highest BCUT2D eigenvalue weighted by molar-refractivity contribution is 5.42. The molecule has 0 heterocycles. The first-order valence-corrected chi connectivity index (χ1v) is 4.21. The highest BCUT2D eigenvalue weighted by Crippen LogP contribution is 2.28. The molecule has 0 unspecified atom stereocenters. The Kier molecular flexibility index (Phi) is 1.81. The van der Waals surface area contributed by atoms with Gasteiger partial charge in [-0.1, -0.05) is 24.3 Å². The van der Waals surface area contributed by atoms with E-state index >= 15 is 0 Å². The molecule has 0 saturated heterocycles. The smallest absolute Gasteiger partial charge is 0.294 e. The number of ether oxygens (including phenoxy) is 1. The Labute approximate surface area is 76.5 Å². The maximum atomic E-state index is 10.2. The second-order valence-electron chi connectivity index (χ2n) is 3.40. The van der Waals surface area contributed by atoms with Gasteiger partial charge in [0.1, 0.15) is 0 Å². The summed E-state index contributed by atoms with van der Waals surface area (Å²) >= 11 is 0. The molecule has 0 aromatic heterocycles. The van der Waals surface area contributed by atoms with Gasteiger partial charge in [-0.05, 0) is 11.1 Å². The van der Waals surface area contributed by atoms with Crippen molar-refractivity contribution in [3.8, 4) is 0 Å². The van der Waals surface area contributed by atoms with Gasteiger partial charge < -0.3 is 4.74 Å². The van der Waals surface area contributed by atoms with E-state index in [0.29, 0.717) is 19.3 Å². The van der Waals surface area contributed by atoms with Crippen LogP contribution in [-0.2, 0) is 22.4 Å². The van der Waals surface area contributed by atoms with E-state index in [9.17, 15) is 4.79 Å². The van der Waals surface area contributed by atoms with E-state index in [0.717, 1.165) is 0 Å². The maximum Gasteiger partial charge on any atom is 0.294 e. The number of hydrogen-bond donors (Lipinski definition) is 1. The monoisotopic (exact) mass is 177 g/mol. The number of benzene rings is 1. The first-order valence-electron chi connectivity index (χ1n) is 4.21. The van der Waals surface area contributed by atoms with Crippen molar-refractivity contribution in [1.82, 2.24) is 0 Å². The first kappa shape index (κ1) is 8.26. The summed E-state index contributed by atoms with van der Waals surface area (Å²) in [5.41, 5.74) is 7.40. The van der Waals surface area contributed by atoms with Crippen LogP contribution in [0.3, 0.4) is 0 Å². The zero-order chi connectivity index (χ0) is 9.31. The lowest BCUT2D eigenvalue weighted by atomic mass is 10.1. The highest BCUT2D eigenvalue weighted by Gasteiger charge is 2.34. The van der Waals surface area contributed by atoms with Crippen molar-refractivity contribution in [2.45, 2.75) is 18.6 Å². The molecule has 2 rings (SSSR count). The zero-order valence-electron chi connectivity index (χ0n) is 7.19. The zero-order valence-corrected chi connectivity index (χ0v) is 7.19. The van der Waals surface area contributed by atoms with Crippen LogP contribution in [0.1, 0.15) is 11.1 Å². The molecule has 0 amide bonds. The third-order valence-corrected chi connectivity index (χ3v) is 2.38. The molecule has 68 valence electrons. The second-order valence-corrected chi connectivity index (χ2v) is 3.40. The Morgan fingerprint density at radius 2 is 1.85 bits per heavy atom. The van der Waals surface area contributed by atoms with Crippen molar-refractivity contribution < 1.29 is 9.53 Å². The standard InChI is InChI=1S/C10H11NO2/c11-10(13-7-12)5-8-3-1-2-4-9(8)6-10/h1-4,7H,5-6,11H2. The van der Waals surface area contributed by atoms with E-state index in [-0.39, 0.29) is 0 Å². The molecule has 1 aliphatic carbocycles. The summed E-state index contributed by atoms with van der Waals surface area (Å²) in [6, 6.07) is 7.95. The van der Waals surface area contributed by atoms with Gasteiger partial charge in [0.15, 0.2) is 5.72 Å². The van der Waals surface area contributed by atoms with Crippen LogP contribution in [0.5, 0.6) is 0 Å². The van der Waals surface area contributed by atoms with Crippen LogP contribution in [0, 0.1) is 0 Å². The predicted octanol–water partition coefficient (Wildman–Crippen LogP) is 0.613. The number of carbonyl (C=O) groups excluding carboxylic acids is 1. The van der Waals surface area contributed by atoms with Gasteiger partial charge in [0.2, 0.25) is 0 Å². The van der Waals surface area contributed by atoms with Crippen molar-refractivity contribution in [2.75, 3.05) is 0 Å². The SMILES string of the molecule is NC1(OC=O)Cc2ccccc2C1. The Morgan fingerprint density at radius 3 is 2.31 bits per heavy atom. The first-order chi connectivity index (χ1) is 6.23. The minimum absolute atomic E-state index is 0.423. The second kappa shape index (κ2) is 2.85. The minimum Gasteiger partial charge on any atom is -0.446 e. The van der Waals surface area contributed by atoms with Crippen LogP contribution >= 0.6 is 0 Å². The maximum absolute atomic E-state index is 10.2. The number of rotatable bonds is 2. The number of hydrogen-bond acceptors (Lipinski definition) is 3. The average Bonchev–Trinajstić information content (AvgIpc) is 2.40. The van der Waals surface area contributed by atoms with E-state index < -0.39 is 5.72 Å². The lowest BCUT2D eigenvalue weighted by molar-refractivity contribution is -0.142. The van der Waals surface area contributed by atoms with Gasteiger partial charge in [-0.15, -0.1) is 0 Å². The van der Waals surface area contributed by atoms with E-state index in [1.54, 1.807) is 0 Å². The molecule has 0 spiro atoms. The van der Waals surface area contributed by atoms with Gasteiger partial charge in [0.25, 0.3) is 6.47 Å². The summed E-state index contributed by atoms with van der Waals surface area (Å²) in [5, 5.41) is 0. The van der Waals surface area contributed by atoms with Gasteiger partial charge in [-0.2, -0.15) is 0 Å². The molecular weight excluding hydrogens is 166 g/mol. The van der Waals surface area contributed by atoms with Crippen molar-refractivity contribution in [2.24, 2.45) is 5.73 Å². The Balaban J connectivity index is 2.26. The average molecular weight is 177 g/mol. The van der Waals surface area contributed by atoms with E-state index in [4.69, 9.17) is 10.5 Å². The Bertz CT molecular complexity index is 310. The Hall–Kier alpha value is -1.35. The number of nitrogens with two attached hydrogens (primary N) is 1. The third kappa shape index (κ3) is 1.42. The minimum atomic E-state index is -0.814. The lowest BCUT2D eigenvalue weighted by Gasteiger charge is -2.20. The van der Waals surface area contributed by atoms with Crippen LogP contribution in [0.15, 0.2) is 24.3 Å². The van der Waals surface area contributed by atoms with Gasteiger partial charge in [0, 0.05) is 12.8 Å². The highest BCUT2D eigenvalue weighted by atomic mass is 16.5. The van der Waals surface area contributed by atoms with Crippen LogP contribution in [0.4, 0.5) is 0 Å². The van der Waals surface area contributed by atoms with Gasteiger partial charge >= 0.3 is 0 Å². The van der Waals surface area contributed by atoms with Crippen molar-refractivity contribution in [3.05, 3.63) is 35.4 Å². The fourth-order valence-corrected chi connectivity index (χ4v) is 1.79. The summed E-state index contributed by atoms with van der Waals surface area (Å²) < 4.78 is 4.87. The summed E-state index contributed by atoms with van der Waals surface area (Å²) in [6.45, 7) is 0.423. The largest absolute Gasteiger partial charge is 0.446 e. The van der Waals surface area contributed by atoms with Gasteiger partial charge in [-0.25, -0.2) is 0 Å². The lowest BCUT2D eigenvalue weighted by Crippen LogP contribution is -2.43. The van der Waals surface area contributed by atoms with Crippen molar-refractivity contribution in [1.29, 1.82) is 0 Å². The quantitative estimate of drug-likeness (QED) is 0.532. The molecule has 1 aliphatic rings. The Morgan fingerprint density at radius 1 is 1.31 bits per heavy atom. The molecule has 13 heavy (non-hydrogen) atoms. The van der Waals surface area contributed by atoms with Crippen molar-refractivity contribution >= 4 is 6.47 Å². The van der Waals surface area contributed by atoms with Gasteiger partial charge in [-0.3, -0.25) is 10.5 Å². The van der Waals surface area contributed by atoms with Crippen LogP contribution in [-0.4, -0.2) is 12.2 Å². The van der Waals surface area contributed by atoms with E-state index in [1.807, 2.05) is 24.3 Å². The van der Waals surface area contributed by atoms with Crippen LogP contribution in [0.25, 0.3) is 0 Å². The molecule has 0 aliphatic heterocycles. The van der Waals surface area contributed by atoms with Crippen LogP contribution < -0.4 is 5.73 Å². The predicted molar refractivity (Wildman–Crippen MR) is 47.9 cm³/mol. The molecule has 3 heteroatoms. The summed E-state index contributed by atoms with van der Waals surface area (Å²) in [4.78, 5) is 10.2.